The second kappa shape index (κ2) is 9.53. The summed E-state index contributed by atoms with van der Waals surface area (Å²) < 4.78 is 13.5. The van der Waals surface area contributed by atoms with Crippen LogP contribution in [0.25, 0.3) is 33.4 Å². The average Bonchev–Trinajstić information content (AvgIpc) is 3.01. The van der Waals surface area contributed by atoms with Crippen molar-refractivity contribution >= 4 is 23.1 Å². The van der Waals surface area contributed by atoms with Crippen LogP contribution in [-0.4, -0.2) is 6.71 Å². The first-order valence-electron chi connectivity index (χ1n) is 14.6. The maximum atomic E-state index is 6.85. The van der Waals surface area contributed by atoms with Gasteiger partial charge in [0.15, 0.2) is 0 Å². The van der Waals surface area contributed by atoms with Crippen molar-refractivity contribution in [2.75, 3.05) is 0 Å². The van der Waals surface area contributed by atoms with Crippen molar-refractivity contribution in [1.82, 2.24) is 0 Å². The predicted octanol–water partition coefficient (Wildman–Crippen LogP) is 8.34. The summed E-state index contributed by atoms with van der Waals surface area (Å²) in [5, 5.41) is 0. The zero-order valence-electron chi connectivity index (χ0n) is 23.9. The van der Waals surface area contributed by atoms with E-state index in [4.69, 9.17) is 9.47 Å². The van der Waals surface area contributed by atoms with Crippen molar-refractivity contribution < 1.29 is 9.47 Å². The Bertz CT molecular complexity index is 1980. The lowest BCUT2D eigenvalue weighted by Gasteiger charge is -2.34. The van der Waals surface area contributed by atoms with Gasteiger partial charge in [-0.3, -0.25) is 0 Å². The number of hydrogen-bond acceptors (Lipinski definition) is 2. The zero-order chi connectivity index (χ0) is 28.4. The first-order valence-corrected chi connectivity index (χ1v) is 14.6. The van der Waals surface area contributed by atoms with Gasteiger partial charge in [-0.2, -0.15) is 0 Å². The lowest BCUT2D eigenvalue weighted by atomic mass is 9.34. The molecule has 0 saturated carbocycles. The smallest absolute Gasteiger partial charge is 0.260 e. The molecule has 0 N–H and O–H groups in total. The molecule has 0 spiro atoms. The number of hydrogen-bond donors (Lipinski definition) is 0. The largest absolute Gasteiger partial charge is 0.458 e. The third-order valence-corrected chi connectivity index (χ3v) is 8.87. The molecule has 0 atom stereocenters. The van der Waals surface area contributed by atoms with Crippen LogP contribution in [0.4, 0.5) is 0 Å². The third kappa shape index (κ3) is 3.81. The molecule has 200 valence electrons. The van der Waals surface area contributed by atoms with Gasteiger partial charge in [-0.05, 0) is 100 Å². The van der Waals surface area contributed by atoms with Gasteiger partial charge in [-0.25, -0.2) is 0 Å². The summed E-state index contributed by atoms with van der Waals surface area (Å²) in [5.41, 5.74) is 14.3. The normalized spacial score (nSPS) is 12.5. The van der Waals surface area contributed by atoms with E-state index in [2.05, 4.69) is 142 Å². The van der Waals surface area contributed by atoms with Crippen molar-refractivity contribution in [3.63, 3.8) is 0 Å². The van der Waals surface area contributed by atoms with Crippen LogP contribution in [0.3, 0.4) is 0 Å². The third-order valence-electron chi connectivity index (χ3n) is 8.87. The minimum Gasteiger partial charge on any atom is -0.458 e. The molecule has 0 saturated heterocycles. The van der Waals surface area contributed by atoms with Gasteiger partial charge in [-0.1, -0.05) is 97.1 Å². The zero-order valence-corrected chi connectivity index (χ0v) is 23.9. The Hall–Kier alpha value is -5.02. The van der Waals surface area contributed by atoms with Crippen LogP contribution < -0.4 is 25.9 Å². The molecule has 0 unspecified atom stereocenters. The van der Waals surface area contributed by atoms with Gasteiger partial charge in [0, 0.05) is 11.0 Å². The highest BCUT2D eigenvalue weighted by molar-refractivity contribution is 6.98. The molecule has 0 aromatic heterocycles. The Balaban J connectivity index is 1.40. The minimum absolute atomic E-state index is 0.0283. The SMILES string of the molecule is Cc1ccccc1-c1ccc2c(c1)B1c3cc(-c4ccccc4C)ccc3Oc3c(-c4ccccc4C)ccc(c31)O2. The lowest BCUT2D eigenvalue weighted by Crippen LogP contribution is -2.57. The minimum atomic E-state index is -0.0283. The molecule has 42 heavy (non-hydrogen) atoms. The van der Waals surface area contributed by atoms with Crippen LogP contribution in [0.1, 0.15) is 16.7 Å². The molecule has 2 aliphatic heterocycles. The topological polar surface area (TPSA) is 18.5 Å². The molecular formula is C39H29BO2. The van der Waals surface area contributed by atoms with Gasteiger partial charge in [0.1, 0.15) is 23.0 Å². The van der Waals surface area contributed by atoms with E-state index in [9.17, 15) is 0 Å². The van der Waals surface area contributed by atoms with Gasteiger partial charge in [0.25, 0.3) is 6.71 Å². The summed E-state index contributed by atoms with van der Waals surface area (Å²) in [6, 6.07) is 43.2. The first-order chi connectivity index (χ1) is 20.6. The molecule has 0 amide bonds. The lowest BCUT2D eigenvalue weighted by molar-refractivity contribution is 0.465. The van der Waals surface area contributed by atoms with E-state index < -0.39 is 0 Å². The fourth-order valence-corrected chi connectivity index (χ4v) is 6.71. The summed E-state index contributed by atoms with van der Waals surface area (Å²) in [6.45, 7) is 6.47. The molecule has 3 heteroatoms. The van der Waals surface area contributed by atoms with E-state index in [1.165, 1.54) is 44.5 Å². The molecule has 2 heterocycles. The van der Waals surface area contributed by atoms with Crippen LogP contribution in [0.2, 0.25) is 0 Å². The van der Waals surface area contributed by atoms with Crippen LogP contribution in [-0.2, 0) is 0 Å². The van der Waals surface area contributed by atoms with Crippen LogP contribution in [0, 0.1) is 20.8 Å². The predicted molar refractivity (Wildman–Crippen MR) is 175 cm³/mol. The van der Waals surface area contributed by atoms with Crippen molar-refractivity contribution in [1.29, 1.82) is 0 Å². The average molecular weight is 540 g/mol. The van der Waals surface area contributed by atoms with E-state index in [-0.39, 0.29) is 6.71 Å². The maximum Gasteiger partial charge on any atom is 0.260 e. The van der Waals surface area contributed by atoms with Crippen molar-refractivity contribution in [3.05, 3.63) is 138 Å². The van der Waals surface area contributed by atoms with Gasteiger partial charge < -0.3 is 9.47 Å². The fraction of sp³-hybridized carbons (Fsp3) is 0.0769. The fourth-order valence-electron chi connectivity index (χ4n) is 6.71. The molecular weight excluding hydrogens is 511 g/mol. The highest BCUT2D eigenvalue weighted by Crippen LogP contribution is 2.42. The standard InChI is InChI=1S/C39H29BO2/c1-24-10-4-7-13-29(24)27-16-19-35-33(22-27)40-34-23-28(30-14-8-5-11-25(30)2)17-20-36(34)42-39-32(18-21-37(41-35)38(39)40)31-15-9-6-12-26(31)3/h4-23H,1-3H3. The molecule has 6 aromatic carbocycles. The highest BCUT2D eigenvalue weighted by Gasteiger charge is 2.41. The Morgan fingerprint density at radius 2 is 0.905 bits per heavy atom. The van der Waals surface area contributed by atoms with Crippen molar-refractivity contribution in [2.45, 2.75) is 20.8 Å². The number of aryl methyl sites for hydroxylation is 3. The summed E-state index contributed by atoms with van der Waals surface area (Å²) in [6.07, 6.45) is 0. The van der Waals surface area contributed by atoms with Gasteiger partial charge in [0.2, 0.25) is 0 Å². The summed E-state index contributed by atoms with van der Waals surface area (Å²) in [5.74, 6) is 3.53. The van der Waals surface area contributed by atoms with E-state index in [1.54, 1.807) is 0 Å². The van der Waals surface area contributed by atoms with E-state index in [0.717, 1.165) is 44.9 Å². The summed E-state index contributed by atoms with van der Waals surface area (Å²) in [4.78, 5) is 0. The Morgan fingerprint density at radius 1 is 0.429 bits per heavy atom. The van der Waals surface area contributed by atoms with Crippen LogP contribution >= 0.6 is 0 Å². The molecule has 0 bridgehead atoms. The molecule has 0 radical (unpaired) electrons. The highest BCUT2D eigenvalue weighted by atomic mass is 16.5. The van der Waals surface area contributed by atoms with E-state index in [0.29, 0.717) is 0 Å². The van der Waals surface area contributed by atoms with Crippen molar-refractivity contribution in [2.24, 2.45) is 0 Å². The van der Waals surface area contributed by atoms with Crippen molar-refractivity contribution in [3.8, 4) is 56.4 Å². The second-order valence-corrected chi connectivity index (χ2v) is 11.4. The molecule has 0 aliphatic carbocycles. The van der Waals surface area contributed by atoms with Crippen LogP contribution in [0.5, 0.6) is 23.0 Å². The molecule has 6 aromatic rings. The number of fused-ring (bicyclic) bond motifs is 4. The molecule has 2 aliphatic rings. The monoisotopic (exact) mass is 540 g/mol. The Kier molecular flexibility index (Phi) is 5.62. The maximum absolute atomic E-state index is 6.85. The Morgan fingerprint density at radius 3 is 1.45 bits per heavy atom. The van der Waals surface area contributed by atoms with Crippen LogP contribution in [0.15, 0.2) is 121 Å². The number of benzene rings is 6. The number of rotatable bonds is 3. The molecule has 0 fully saturated rings. The van der Waals surface area contributed by atoms with Gasteiger partial charge >= 0.3 is 0 Å². The molecule has 2 nitrogen and oxygen atoms in total. The summed E-state index contributed by atoms with van der Waals surface area (Å²) >= 11 is 0. The number of ether oxygens (including phenoxy) is 2. The Labute approximate surface area is 247 Å². The quantitative estimate of drug-likeness (QED) is 0.210. The molecule has 8 rings (SSSR count). The van der Waals surface area contributed by atoms with Gasteiger partial charge in [0.05, 0.1) is 0 Å². The van der Waals surface area contributed by atoms with E-state index >= 15 is 0 Å². The van der Waals surface area contributed by atoms with E-state index in [1.807, 2.05) is 0 Å². The second-order valence-electron chi connectivity index (χ2n) is 11.4. The first kappa shape index (κ1) is 24.8. The summed E-state index contributed by atoms with van der Waals surface area (Å²) in [7, 11) is 0. The van der Waals surface area contributed by atoms with Gasteiger partial charge in [-0.15, -0.1) is 0 Å².